The molecule has 0 fully saturated rings. The molecule has 0 heterocycles. The molecule has 1 atom stereocenters. The SMILES string of the molecule is COc1ccc(OC)c(C(O)c2ccc(Br)cc2Cl)c1. The van der Waals surface area contributed by atoms with E-state index in [1.54, 1.807) is 44.6 Å². The van der Waals surface area contributed by atoms with E-state index in [0.717, 1.165) is 4.47 Å². The molecule has 0 aliphatic rings. The Morgan fingerprint density at radius 2 is 1.80 bits per heavy atom. The maximum atomic E-state index is 10.6. The minimum absolute atomic E-state index is 0.483. The fourth-order valence-electron chi connectivity index (χ4n) is 1.94. The zero-order valence-electron chi connectivity index (χ0n) is 11.1. The van der Waals surface area contributed by atoms with Crippen molar-refractivity contribution >= 4 is 27.5 Å². The summed E-state index contributed by atoms with van der Waals surface area (Å²) in [4.78, 5) is 0. The number of aliphatic hydroxyl groups is 1. The lowest BCUT2D eigenvalue weighted by Gasteiger charge is -2.17. The molecule has 106 valence electrons. The Bertz CT molecular complexity index is 616. The van der Waals surface area contributed by atoms with Gasteiger partial charge in [0, 0.05) is 20.6 Å². The van der Waals surface area contributed by atoms with Crippen molar-refractivity contribution in [2.45, 2.75) is 6.10 Å². The summed E-state index contributed by atoms with van der Waals surface area (Å²) in [5.41, 5.74) is 1.22. The Morgan fingerprint density at radius 1 is 1.05 bits per heavy atom. The summed E-state index contributed by atoms with van der Waals surface area (Å²) in [6, 6.07) is 10.6. The molecule has 1 N–H and O–H groups in total. The van der Waals surface area contributed by atoms with Crippen molar-refractivity contribution in [3.05, 3.63) is 57.0 Å². The van der Waals surface area contributed by atoms with Crippen LogP contribution in [0.2, 0.25) is 5.02 Å². The zero-order valence-corrected chi connectivity index (χ0v) is 13.4. The van der Waals surface area contributed by atoms with E-state index in [9.17, 15) is 5.11 Å². The van der Waals surface area contributed by atoms with Gasteiger partial charge in [0.05, 0.1) is 14.2 Å². The molecule has 5 heteroatoms. The van der Waals surface area contributed by atoms with Crippen molar-refractivity contribution in [2.24, 2.45) is 0 Å². The van der Waals surface area contributed by atoms with E-state index in [2.05, 4.69) is 15.9 Å². The summed E-state index contributed by atoms with van der Waals surface area (Å²) in [5.74, 6) is 1.23. The van der Waals surface area contributed by atoms with Crippen LogP contribution >= 0.6 is 27.5 Å². The van der Waals surface area contributed by atoms with Gasteiger partial charge in [0.2, 0.25) is 0 Å². The molecule has 2 aromatic carbocycles. The number of hydrogen-bond donors (Lipinski definition) is 1. The van der Waals surface area contributed by atoms with Crippen LogP contribution in [0.25, 0.3) is 0 Å². The zero-order chi connectivity index (χ0) is 14.7. The standard InChI is InChI=1S/C15H14BrClO3/c1-19-10-4-6-14(20-2)12(8-10)15(18)11-5-3-9(16)7-13(11)17/h3-8,15,18H,1-2H3. The molecule has 20 heavy (non-hydrogen) atoms. The molecule has 0 aliphatic heterocycles. The first-order valence-electron chi connectivity index (χ1n) is 5.91. The summed E-state index contributed by atoms with van der Waals surface area (Å²) in [7, 11) is 3.13. The van der Waals surface area contributed by atoms with Gasteiger partial charge in [-0.05, 0) is 30.3 Å². The fraction of sp³-hybridized carbons (Fsp3) is 0.200. The molecule has 0 saturated carbocycles. The third kappa shape index (κ3) is 3.08. The average molecular weight is 358 g/mol. The topological polar surface area (TPSA) is 38.7 Å². The van der Waals surface area contributed by atoms with Gasteiger partial charge in [-0.3, -0.25) is 0 Å². The number of aliphatic hydroxyl groups excluding tert-OH is 1. The third-order valence-electron chi connectivity index (χ3n) is 2.99. The number of halogens is 2. The summed E-state index contributed by atoms with van der Waals surface area (Å²) in [5, 5.41) is 11.0. The largest absolute Gasteiger partial charge is 0.497 e. The molecule has 0 amide bonds. The number of hydrogen-bond acceptors (Lipinski definition) is 3. The molecule has 0 aromatic heterocycles. The van der Waals surface area contributed by atoms with E-state index >= 15 is 0 Å². The predicted octanol–water partition coefficient (Wildman–Crippen LogP) is 4.20. The maximum absolute atomic E-state index is 10.6. The lowest BCUT2D eigenvalue weighted by Crippen LogP contribution is -2.03. The summed E-state index contributed by atoms with van der Waals surface area (Å²) in [6.07, 6.45) is -0.888. The molecule has 0 radical (unpaired) electrons. The Balaban J connectivity index is 2.48. The second-order valence-corrected chi connectivity index (χ2v) is 5.50. The minimum atomic E-state index is -0.888. The van der Waals surface area contributed by atoms with Crippen molar-refractivity contribution in [1.29, 1.82) is 0 Å². The van der Waals surface area contributed by atoms with Crippen molar-refractivity contribution < 1.29 is 14.6 Å². The molecule has 0 saturated heterocycles. The monoisotopic (exact) mass is 356 g/mol. The van der Waals surface area contributed by atoms with E-state index in [1.807, 2.05) is 6.07 Å². The van der Waals surface area contributed by atoms with Gasteiger partial charge in [0.15, 0.2) is 0 Å². The Hall–Kier alpha value is -1.23. The summed E-state index contributed by atoms with van der Waals surface area (Å²) >= 11 is 9.52. The van der Waals surface area contributed by atoms with Crippen molar-refractivity contribution in [3.63, 3.8) is 0 Å². The van der Waals surface area contributed by atoms with Crippen LogP contribution in [-0.2, 0) is 0 Å². The van der Waals surface area contributed by atoms with Crippen molar-refractivity contribution in [2.75, 3.05) is 14.2 Å². The predicted molar refractivity (Wildman–Crippen MR) is 82.8 cm³/mol. The van der Waals surface area contributed by atoms with Crippen LogP contribution in [0.1, 0.15) is 17.2 Å². The van der Waals surface area contributed by atoms with Gasteiger partial charge in [-0.2, -0.15) is 0 Å². The van der Waals surface area contributed by atoms with Crippen LogP contribution in [-0.4, -0.2) is 19.3 Å². The summed E-state index contributed by atoms with van der Waals surface area (Å²) in [6.45, 7) is 0. The molecule has 0 aliphatic carbocycles. The highest BCUT2D eigenvalue weighted by Crippen LogP contribution is 2.36. The molecule has 1 unspecified atom stereocenters. The molecule has 0 bridgehead atoms. The highest BCUT2D eigenvalue weighted by Gasteiger charge is 2.19. The van der Waals surface area contributed by atoms with Crippen LogP contribution in [0.4, 0.5) is 0 Å². The van der Waals surface area contributed by atoms with Gasteiger partial charge < -0.3 is 14.6 Å². The molecular formula is C15H14BrClO3. The molecule has 2 rings (SSSR count). The first-order valence-corrected chi connectivity index (χ1v) is 7.09. The third-order valence-corrected chi connectivity index (χ3v) is 3.81. The Morgan fingerprint density at radius 3 is 2.40 bits per heavy atom. The van der Waals surface area contributed by atoms with E-state index < -0.39 is 6.10 Å². The van der Waals surface area contributed by atoms with Crippen molar-refractivity contribution in [1.82, 2.24) is 0 Å². The maximum Gasteiger partial charge on any atom is 0.125 e. The van der Waals surface area contributed by atoms with E-state index in [1.165, 1.54) is 0 Å². The second kappa shape index (κ2) is 6.48. The average Bonchev–Trinajstić information content (AvgIpc) is 2.46. The summed E-state index contributed by atoms with van der Waals surface area (Å²) < 4.78 is 11.3. The first-order chi connectivity index (χ1) is 9.56. The van der Waals surface area contributed by atoms with Crippen LogP contribution in [0.3, 0.4) is 0 Å². The van der Waals surface area contributed by atoms with Gasteiger partial charge in [-0.15, -0.1) is 0 Å². The van der Waals surface area contributed by atoms with Gasteiger partial charge in [0.25, 0.3) is 0 Å². The van der Waals surface area contributed by atoms with Gasteiger partial charge in [-0.1, -0.05) is 33.6 Å². The van der Waals surface area contributed by atoms with E-state index in [0.29, 0.717) is 27.6 Å². The second-order valence-electron chi connectivity index (χ2n) is 4.18. The lowest BCUT2D eigenvalue weighted by molar-refractivity contribution is 0.214. The normalized spacial score (nSPS) is 12.1. The van der Waals surface area contributed by atoms with Gasteiger partial charge in [-0.25, -0.2) is 0 Å². The van der Waals surface area contributed by atoms with Gasteiger partial charge in [0.1, 0.15) is 17.6 Å². The van der Waals surface area contributed by atoms with Crippen LogP contribution in [0, 0.1) is 0 Å². The quantitative estimate of drug-likeness (QED) is 0.891. The van der Waals surface area contributed by atoms with Crippen LogP contribution in [0.5, 0.6) is 11.5 Å². The van der Waals surface area contributed by atoms with Crippen molar-refractivity contribution in [3.8, 4) is 11.5 Å². The minimum Gasteiger partial charge on any atom is -0.497 e. The number of methoxy groups -OCH3 is 2. The van der Waals surface area contributed by atoms with Gasteiger partial charge >= 0.3 is 0 Å². The first kappa shape index (κ1) is 15.2. The number of ether oxygens (including phenoxy) is 2. The van der Waals surface area contributed by atoms with Crippen LogP contribution < -0.4 is 9.47 Å². The molecule has 0 spiro atoms. The number of rotatable bonds is 4. The molecule has 3 nitrogen and oxygen atoms in total. The fourth-order valence-corrected chi connectivity index (χ4v) is 2.72. The molecular weight excluding hydrogens is 344 g/mol. The highest BCUT2D eigenvalue weighted by molar-refractivity contribution is 9.10. The Kier molecular flexibility index (Phi) is 4.91. The van der Waals surface area contributed by atoms with E-state index in [4.69, 9.17) is 21.1 Å². The smallest absolute Gasteiger partial charge is 0.125 e. The Labute approximate surface area is 131 Å². The highest BCUT2D eigenvalue weighted by atomic mass is 79.9. The van der Waals surface area contributed by atoms with E-state index in [-0.39, 0.29) is 0 Å². The molecule has 2 aromatic rings. The lowest BCUT2D eigenvalue weighted by atomic mass is 10.0. The number of benzene rings is 2. The van der Waals surface area contributed by atoms with Crippen LogP contribution in [0.15, 0.2) is 40.9 Å².